The second-order valence-corrected chi connectivity index (χ2v) is 7.49. The molecule has 0 radical (unpaired) electrons. The summed E-state index contributed by atoms with van der Waals surface area (Å²) in [4.78, 5) is 4.66. The molecule has 0 saturated carbocycles. The zero-order chi connectivity index (χ0) is 17.4. The Kier molecular flexibility index (Phi) is 4.27. The largest absolute Gasteiger partial charge is 0.389 e. The number of aliphatic hydroxyl groups is 1. The van der Waals surface area contributed by atoms with E-state index in [9.17, 15) is 5.11 Å². The van der Waals surface area contributed by atoms with Crippen LogP contribution in [0.2, 0.25) is 0 Å². The van der Waals surface area contributed by atoms with Crippen molar-refractivity contribution in [1.29, 1.82) is 0 Å². The summed E-state index contributed by atoms with van der Waals surface area (Å²) in [6.07, 6.45) is -0.512. The van der Waals surface area contributed by atoms with Crippen LogP contribution >= 0.6 is 11.8 Å². The van der Waals surface area contributed by atoms with Crippen LogP contribution in [-0.2, 0) is 6.54 Å². The molecule has 25 heavy (non-hydrogen) atoms. The van der Waals surface area contributed by atoms with Crippen molar-refractivity contribution in [3.05, 3.63) is 66.0 Å². The first-order valence-electron chi connectivity index (χ1n) is 8.44. The van der Waals surface area contributed by atoms with Gasteiger partial charge in [0, 0.05) is 15.5 Å². The molecule has 2 aromatic carbocycles. The third kappa shape index (κ3) is 3.17. The average Bonchev–Trinajstić information content (AvgIpc) is 2.91. The molecule has 4 nitrogen and oxygen atoms in total. The van der Waals surface area contributed by atoms with Gasteiger partial charge in [-0.1, -0.05) is 36.0 Å². The standard InChI is InChI=1S/C20H21N3OS/c1-14-11-15(2)23(21-14)13-16(24)12-22-17-7-3-5-9-19(17)25-20-10-6-4-8-18(20)22/h3-11,16,24H,12-13H2,1-2H3/t16-/m0/s1. The van der Waals surface area contributed by atoms with Gasteiger partial charge in [0.2, 0.25) is 0 Å². The van der Waals surface area contributed by atoms with Gasteiger partial charge in [0.15, 0.2) is 0 Å². The van der Waals surface area contributed by atoms with Crippen LogP contribution in [-0.4, -0.2) is 27.5 Å². The molecule has 1 atom stereocenters. The van der Waals surface area contributed by atoms with Crippen molar-refractivity contribution in [2.75, 3.05) is 11.4 Å². The summed E-state index contributed by atoms with van der Waals surface area (Å²) < 4.78 is 1.89. The van der Waals surface area contributed by atoms with E-state index in [4.69, 9.17) is 0 Å². The highest BCUT2D eigenvalue weighted by Crippen LogP contribution is 2.47. The van der Waals surface area contributed by atoms with Gasteiger partial charge in [-0.25, -0.2) is 0 Å². The van der Waals surface area contributed by atoms with E-state index in [1.807, 2.05) is 36.7 Å². The normalized spacial score (nSPS) is 14.1. The van der Waals surface area contributed by atoms with E-state index in [0.717, 1.165) is 22.8 Å². The molecule has 4 rings (SSSR count). The van der Waals surface area contributed by atoms with Crippen molar-refractivity contribution in [1.82, 2.24) is 9.78 Å². The summed E-state index contributed by atoms with van der Waals surface area (Å²) in [7, 11) is 0. The molecular formula is C20H21N3OS. The number of para-hydroxylation sites is 2. The number of aromatic nitrogens is 2. The van der Waals surface area contributed by atoms with E-state index in [2.05, 4.69) is 46.4 Å². The van der Waals surface area contributed by atoms with Crippen LogP contribution in [0.4, 0.5) is 11.4 Å². The molecule has 128 valence electrons. The van der Waals surface area contributed by atoms with Crippen LogP contribution in [0, 0.1) is 13.8 Å². The highest BCUT2D eigenvalue weighted by atomic mass is 32.2. The number of aliphatic hydroxyl groups excluding tert-OH is 1. The van der Waals surface area contributed by atoms with Gasteiger partial charge in [0.1, 0.15) is 0 Å². The fourth-order valence-electron chi connectivity index (χ4n) is 3.31. The quantitative estimate of drug-likeness (QED) is 0.766. The Morgan fingerprint density at radius 1 is 0.960 bits per heavy atom. The maximum Gasteiger partial charge on any atom is 0.0914 e. The molecule has 0 amide bonds. The van der Waals surface area contributed by atoms with E-state index in [1.54, 1.807) is 11.8 Å². The first kappa shape index (κ1) is 16.2. The van der Waals surface area contributed by atoms with E-state index in [-0.39, 0.29) is 0 Å². The average molecular weight is 351 g/mol. The summed E-state index contributed by atoms with van der Waals surface area (Å²) >= 11 is 1.78. The van der Waals surface area contributed by atoms with E-state index < -0.39 is 6.10 Å². The molecule has 1 aliphatic heterocycles. The van der Waals surface area contributed by atoms with Gasteiger partial charge in [0.25, 0.3) is 0 Å². The smallest absolute Gasteiger partial charge is 0.0914 e. The SMILES string of the molecule is Cc1cc(C)n(C[C@@H](O)CN2c3ccccc3Sc3ccccc32)n1. The van der Waals surface area contributed by atoms with Crippen molar-refractivity contribution in [2.45, 2.75) is 36.3 Å². The van der Waals surface area contributed by atoms with Crippen molar-refractivity contribution in [3.8, 4) is 0 Å². The maximum absolute atomic E-state index is 10.7. The Balaban J connectivity index is 1.62. The fraction of sp³-hybridized carbons (Fsp3) is 0.250. The molecular weight excluding hydrogens is 330 g/mol. The van der Waals surface area contributed by atoms with Crippen molar-refractivity contribution >= 4 is 23.1 Å². The highest BCUT2D eigenvalue weighted by molar-refractivity contribution is 7.99. The Morgan fingerprint density at radius 3 is 2.12 bits per heavy atom. The van der Waals surface area contributed by atoms with Crippen LogP contribution < -0.4 is 4.90 Å². The molecule has 0 spiro atoms. The molecule has 5 heteroatoms. The summed E-state index contributed by atoms with van der Waals surface area (Å²) in [5.74, 6) is 0. The summed E-state index contributed by atoms with van der Waals surface area (Å²) in [6, 6.07) is 18.8. The number of hydrogen-bond acceptors (Lipinski definition) is 4. The maximum atomic E-state index is 10.7. The number of β-amino-alcohol motifs (C(OH)–C–C–N with tert-alkyl or cyclic N) is 1. The summed E-state index contributed by atoms with van der Waals surface area (Å²) in [5, 5.41) is 15.2. The first-order chi connectivity index (χ1) is 12.1. The van der Waals surface area contributed by atoms with Crippen LogP contribution in [0.3, 0.4) is 0 Å². The van der Waals surface area contributed by atoms with E-state index in [1.165, 1.54) is 9.79 Å². The molecule has 0 bridgehead atoms. The number of anilines is 2. The van der Waals surface area contributed by atoms with Crippen LogP contribution in [0.1, 0.15) is 11.4 Å². The lowest BCUT2D eigenvalue weighted by Crippen LogP contribution is -2.33. The Labute approximate surface area is 152 Å². The predicted molar refractivity (Wildman–Crippen MR) is 102 cm³/mol. The summed E-state index contributed by atoms with van der Waals surface area (Å²) in [5.41, 5.74) is 4.36. The molecule has 3 aromatic rings. The summed E-state index contributed by atoms with van der Waals surface area (Å²) in [6.45, 7) is 5.03. The van der Waals surface area contributed by atoms with Crippen molar-refractivity contribution in [2.24, 2.45) is 0 Å². The minimum atomic E-state index is -0.512. The molecule has 1 aliphatic rings. The third-order valence-corrected chi connectivity index (χ3v) is 5.54. The van der Waals surface area contributed by atoms with Gasteiger partial charge in [-0.15, -0.1) is 0 Å². The van der Waals surface area contributed by atoms with E-state index in [0.29, 0.717) is 13.1 Å². The van der Waals surface area contributed by atoms with Gasteiger partial charge in [-0.3, -0.25) is 4.68 Å². The monoisotopic (exact) mass is 351 g/mol. The Morgan fingerprint density at radius 2 is 1.56 bits per heavy atom. The lowest BCUT2D eigenvalue weighted by molar-refractivity contribution is 0.156. The fourth-order valence-corrected chi connectivity index (χ4v) is 4.40. The van der Waals surface area contributed by atoms with E-state index >= 15 is 0 Å². The zero-order valence-electron chi connectivity index (χ0n) is 14.4. The van der Waals surface area contributed by atoms with Crippen LogP contribution in [0.5, 0.6) is 0 Å². The molecule has 0 aliphatic carbocycles. The lowest BCUT2D eigenvalue weighted by atomic mass is 10.2. The zero-order valence-corrected chi connectivity index (χ0v) is 15.2. The van der Waals surface area contributed by atoms with Crippen molar-refractivity contribution in [3.63, 3.8) is 0 Å². The Bertz CT molecular complexity index is 860. The van der Waals surface area contributed by atoms with Gasteiger partial charge < -0.3 is 10.0 Å². The van der Waals surface area contributed by atoms with Gasteiger partial charge in [-0.05, 0) is 44.2 Å². The van der Waals surface area contributed by atoms with Gasteiger partial charge >= 0.3 is 0 Å². The topological polar surface area (TPSA) is 41.3 Å². The van der Waals surface area contributed by atoms with Crippen LogP contribution in [0.25, 0.3) is 0 Å². The second-order valence-electron chi connectivity index (χ2n) is 6.41. The third-order valence-electron chi connectivity index (χ3n) is 4.41. The number of hydrogen-bond donors (Lipinski definition) is 1. The number of fused-ring (bicyclic) bond motifs is 2. The molecule has 0 fully saturated rings. The Hall–Kier alpha value is -2.24. The van der Waals surface area contributed by atoms with Crippen LogP contribution in [0.15, 0.2) is 64.4 Å². The van der Waals surface area contributed by atoms with Gasteiger partial charge in [-0.2, -0.15) is 5.10 Å². The second kappa shape index (κ2) is 6.58. The molecule has 1 N–H and O–H groups in total. The predicted octanol–water partition coefficient (Wildman–Crippen LogP) is 4.16. The number of benzene rings is 2. The van der Waals surface area contributed by atoms with Gasteiger partial charge in [0.05, 0.1) is 36.3 Å². The first-order valence-corrected chi connectivity index (χ1v) is 9.26. The lowest BCUT2D eigenvalue weighted by Gasteiger charge is -2.34. The minimum Gasteiger partial charge on any atom is -0.389 e. The number of rotatable bonds is 4. The molecule has 1 aromatic heterocycles. The molecule has 2 heterocycles. The molecule has 0 unspecified atom stereocenters. The van der Waals surface area contributed by atoms with Crippen molar-refractivity contribution < 1.29 is 5.11 Å². The highest BCUT2D eigenvalue weighted by Gasteiger charge is 2.25. The number of nitrogens with zero attached hydrogens (tertiary/aromatic N) is 3. The molecule has 0 saturated heterocycles. The minimum absolute atomic E-state index is 0.494. The number of aryl methyl sites for hydroxylation is 2.